The van der Waals surface area contributed by atoms with E-state index in [0.717, 1.165) is 19.5 Å². The SMILES string of the molecule is C[OH+]C(C[NH3+])C1CCCN1CO. The average Bonchev–Trinajstić information content (AvgIpc) is 2.55. The molecule has 0 spiro atoms. The van der Waals surface area contributed by atoms with Crippen molar-refractivity contribution in [2.45, 2.75) is 25.0 Å². The highest BCUT2D eigenvalue weighted by molar-refractivity contribution is 4.83. The fraction of sp³-hybridized carbons (Fsp3) is 1.00. The summed E-state index contributed by atoms with van der Waals surface area (Å²) in [6, 6.07) is 0.428. The van der Waals surface area contributed by atoms with Crippen LogP contribution in [0, 0.1) is 0 Å². The zero-order valence-electron chi connectivity index (χ0n) is 7.74. The van der Waals surface area contributed by atoms with Crippen molar-refractivity contribution in [2.24, 2.45) is 0 Å². The lowest BCUT2D eigenvalue weighted by Gasteiger charge is -2.24. The van der Waals surface area contributed by atoms with E-state index in [1.54, 1.807) is 0 Å². The lowest BCUT2D eigenvalue weighted by Crippen LogP contribution is -2.61. The molecule has 4 nitrogen and oxygen atoms in total. The monoisotopic (exact) mass is 176 g/mol. The number of likely N-dealkylation sites (tertiary alicyclic amines) is 1. The fourth-order valence-electron chi connectivity index (χ4n) is 1.96. The largest absolute Gasteiger partial charge is 0.428 e. The zero-order chi connectivity index (χ0) is 8.97. The topological polar surface area (TPSA) is 63.9 Å². The van der Waals surface area contributed by atoms with E-state index < -0.39 is 0 Å². The van der Waals surface area contributed by atoms with Gasteiger partial charge in [0.2, 0.25) is 6.10 Å². The van der Waals surface area contributed by atoms with E-state index >= 15 is 0 Å². The van der Waals surface area contributed by atoms with Crippen molar-refractivity contribution in [1.29, 1.82) is 0 Å². The molecule has 4 heteroatoms. The number of aliphatic hydroxyl groups is 3. The van der Waals surface area contributed by atoms with Gasteiger partial charge in [0.05, 0.1) is 12.8 Å². The summed E-state index contributed by atoms with van der Waals surface area (Å²) < 4.78 is 4.27. The smallest absolute Gasteiger partial charge is 0.220 e. The van der Waals surface area contributed by atoms with Crippen molar-refractivity contribution in [1.82, 2.24) is 4.90 Å². The minimum absolute atomic E-state index is 0.163. The summed E-state index contributed by atoms with van der Waals surface area (Å²) in [5, 5.41) is 9.04. The number of aliphatic hydroxyl groups excluding tert-OH is 1. The Kier molecular flexibility index (Phi) is 3.94. The Morgan fingerprint density at radius 1 is 1.75 bits per heavy atom. The van der Waals surface area contributed by atoms with Crippen LogP contribution < -0.4 is 5.73 Å². The Hall–Kier alpha value is -0.160. The van der Waals surface area contributed by atoms with Gasteiger partial charge in [-0.2, -0.15) is 0 Å². The minimum atomic E-state index is 0.163. The van der Waals surface area contributed by atoms with Crippen LogP contribution in [0.1, 0.15) is 12.8 Å². The summed E-state index contributed by atoms with van der Waals surface area (Å²) in [5.41, 5.74) is 3.87. The molecule has 1 fully saturated rings. The van der Waals surface area contributed by atoms with Gasteiger partial charge in [-0.15, -0.1) is 0 Å². The van der Waals surface area contributed by atoms with Crippen LogP contribution in [0.4, 0.5) is 0 Å². The van der Waals surface area contributed by atoms with Crippen LogP contribution >= 0.6 is 0 Å². The van der Waals surface area contributed by atoms with Crippen LogP contribution in [0.2, 0.25) is 0 Å². The van der Waals surface area contributed by atoms with E-state index in [2.05, 4.69) is 15.4 Å². The number of quaternary nitrogens is 1. The first kappa shape index (κ1) is 9.92. The molecule has 1 rings (SSSR count). The van der Waals surface area contributed by atoms with Crippen molar-refractivity contribution in [3.63, 3.8) is 0 Å². The molecule has 0 amide bonds. The maximum atomic E-state index is 9.04. The highest BCUT2D eigenvalue weighted by Gasteiger charge is 2.34. The lowest BCUT2D eigenvalue weighted by molar-refractivity contribution is -0.399. The van der Waals surface area contributed by atoms with E-state index in [1.165, 1.54) is 6.42 Å². The van der Waals surface area contributed by atoms with Gasteiger partial charge in [0.15, 0.2) is 0 Å². The quantitative estimate of drug-likeness (QED) is 0.495. The average molecular weight is 176 g/mol. The molecule has 0 saturated carbocycles. The first-order valence-corrected chi connectivity index (χ1v) is 4.56. The summed E-state index contributed by atoms with van der Waals surface area (Å²) in [5.74, 6) is 0. The molecule has 0 aromatic rings. The van der Waals surface area contributed by atoms with Gasteiger partial charge in [0.25, 0.3) is 0 Å². The second kappa shape index (κ2) is 4.77. The van der Waals surface area contributed by atoms with Crippen LogP contribution in [-0.4, -0.2) is 53.8 Å². The zero-order valence-corrected chi connectivity index (χ0v) is 7.74. The van der Waals surface area contributed by atoms with Crippen molar-refractivity contribution in [2.75, 3.05) is 26.9 Å². The van der Waals surface area contributed by atoms with Crippen LogP contribution in [0.5, 0.6) is 0 Å². The summed E-state index contributed by atoms with van der Waals surface area (Å²) in [4.78, 5) is 2.09. The van der Waals surface area contributed by atoms with Crippen molar-refractivity contribution < 1.29 is 15.6 Å². The second-order valence-corrected chi connectivity index (χ2v) is 3.28. The molecule has 1 heterocycles. The molecule has 0 aromatic heterocycles. The molecule has 1 saturated heterocycles. The maximum Gasteiger partial charge on any atom is 0.220 e. The van der Waals surface area contributed by atoms with Gasteiger partial charge >= 0.3 is 0 Å². The van der Waals surface area contributed by atoms with Gasteiger partial charge < -0.3 is 15.6 Å². The number of ether oxygens (including phenoxy) is 1. The summed E-state index contributed by atoms with van der Waals surface area (Å²) >= 11 is 0. The van der Waals surface area contributed by atoms with E-state index in [-0.39, 0.29) is 6.73 Å². The second-order valence-electron chi connectivity index (χ2n) is 3.28. The molecule has 12 heavy (non-hydrogen) atoms. The molecule has 0 aliphatic carbocycles. The minimum Gasteiger partial charge on any atom is -0.428 e. The Labute approximate surface area is 73.3 Å². The molecule has 72 valence electrons. The van der Waals surface area contributed by atoms with Crippen LogP contribution in [-0.2, 0) is 0 Å². The van der Waals surface area contributed by atoms with Crippen molar-refractivity contribution in [3.05, 3.63) is 0 Å². The number of rotatable bonds is 4. The summed E-state index contributed by atoms with van der Waals surface area (Å²) in [6.07, 6.45) is 2.63. The van der Waals surface area contributed by atoms with Gasteiger partial charge in [-0.25, -0.2) is 0 Å². The predicted molar refractivity (Wildman–Crippen MR) is 46.5 cm³/mol. The highest BCUT2D eigenvalue weighted by Crippen LogP contribution is 2.19. The third-order valence-electron chi connectivity index (χ3n) is 2.67. The molecule has 2 atom stereocenters. The van der Waals surface area contributed by atoms with E-state index in [0.29, 0.717) is 12.1 Å². The Morgan fingerprint density at radius 3 is 3.00 bits per heavy atom. The number of hydrogen-bond acceptors (Lipinski definition) is 2. The number of nitrogens with zero attached hydrogens (tertiary/aromatic N) is 1. The van der Waals surface area contributed by atoms with Crippen LogP contribution in [0.25, 0.3) is 0 Å². The van der Waals surface area contributed by atoms with Gasteiger partial charge in [-0.1, -0.05) is 0 Å². The Morgan fingerprint density at radius 2 is 2.50 bits per heavy atom. The van der Waals surface area contributed by atoms with Crippen molar-refractivity contribution >= 4 is 0 Å². The highest BCUT2D eigenvalue weighted by atomic mass is 16.5. The molecular weight excluding hydrogens is 156 g/mol. The summed E-state index contributed by atoms with van der Waals surface area (Å²) in [7, 11) is 1.84. The van der Waals surface area contributed by atoms with Gasteiger partial charge in [0.1, 0.15) is 13.7 Å². The maximum absolute atomic E-state index is 9.04. The van der Waals surface area contributed by atoms with E-state index in [1.807, 2.05) is 7.11 Å². The predicted octanol–water partition coefficient (Wildman–Crippen LogP) is -1.83. The molecule has 0 aromatic carbocycles. The normalized spacial score (nSPS) is 27.8. The Balaban J connectivity index is 2.47. The number of hydrogen-bond donors (Lipinski definition) is 2. The first-order chi connectivity index (χ1) is 5.83. The fourth-order valence-corrected chi connectivity index (χ4v) is 1.96. The third-order valence-corrected chi connectivity index (χ3v) is 2.67. The molecule has 0 bridgehead atoms. The van der Waals surface area contributed by atoms with E-state index in [4.69, 9.17) is 5.11 Å². The standard InChI is InChI=1S/C8H18N2O2/c1-12-8(5-9)7-3-2-4-10(7)6-11/h7-8,11H,2-6,9H2,1H3/p+2. The summed E-state index contributed by atoms with van der Waals surface area (Å²) in [6.45, 7) is 2.00. The van der Waals surface area contributed by atoms with Gasteiger partial charge in [-0.3, -0.25) is 4.90 Å². The van der Waals surface area contributed by atoms with E-state index in [9.17, 15) is 0 Å². The van der Waals surface area contributed by atoms with Gasteiger partial charge in [0, 0.05) is 6.54 Å². The molecule has 0 radical (unpaired) electrons. The Bertz CT molecular complexity index is 128. The lowest BCUT2D eigenvalue weighted by atomic mass is 10.1. The molecule has 1 aliphatic rings. The molecule has 1 aliphatic heterocycles. The first-order valence-electron chi connectivity index (χ1n) is 4.56. The van der Waals surface area contributed by atoms with Crippen LogP contribution in [0.3, 0.4) is 0 Å². The third kappa shape index (κ3) is 1.95. The molecular formula is C8H20N2O2+2. The van der Waals surface area contributed by atoms with Crippen molar-refractivity contribution in [3.8, 4) is 0 Å². The van der Waals surface area contributed by atoms with Gasteiger partial charge in [-0.05, 0) is 12.8 Å². The molecule has 2 unspecified atom stereocenters. The van der Waals surface area contributed by atoms with Crippen LogP contribution in [0.15, 0.2) is 0 Å². The molecule has 5 N–H and O–H groups in total.